The lowest BCUT2D eigenvalue weighted by molar-refractivity contribution is 0.0172. The maximum atomic E-state index is 6.03. The molecule has 0 spiro atoms. The van der Waals surface area contributed by atoms with Crippen molar-refractivity contribution < 1.29 is 9.47 Å². The Morgan fingerprint density at radius 1 is 1.16 bits per heavy atom. The van der Waals surface area contributed by atoms with Crippen LogP contribution in [0.4, 0.5) is 0 Å². The monoisotopic (exact) mass is 358 g/mol. The summed E-state index contributed by atoms with van der Waals surface area (Å²) in [6.07, 6.45) is 10.1. The fourth-order valence-electron chi connectivity index (χ4n) is 3.63. The summed E-state index contributed by atoms with van der Waals surface area (Å²) >= 11 is 1.93. The molecule has 2 aromatic heterocycles. The molecular formula is C20H26N2O2S. The summed E-state index contributed by atoms with van der Waals surface area (Å²) in [5.74, 6) is 0.885. The number of rotatable bonds is 5. The van der Waals surface area contributed by atoms with Crippen molar-refractivity contribution in [2.45, 2.75) is 50.9 Å². The lowest BCUT2D eigenvalue weighted by atomic mass is 10.1. The SMILES string of the molecule is c1cncc(OC2CCN(Cc3ccc([C@@H]4CCCCO4)s3)CC2)c1. The molecule has 1 atom stereocenters. The Balaban J connectivity index is 1.25. The number of aromatic nitrogens is 1. The van der Waals surface area contributed by atoms with Gasteiger partial charge in [0.25, 0.3) is 0 Å². The first kappa shape index (κ1) is 17.0. The van der Waals surface area contributed by atoms with Crippen LogP contribution in [0.3, 0.4) is 0 Å². The van der Waals surface area contributed by atoms with Gasteiger partial charge in [-0.15, -0.1) is 11.3 Å². The van der Waals surface area contributed by atoms with E-state index in [0.29, 0.717) is 12.2 Å². The lowest BCUT2D eigenvalue weighted by Crippen LogP contribution is -2.37. The van der Waals surface area contributed by atoms with Crippen molar-refractivity contribution >= 4 is 11.3 Å². The molecule has 2 aliphatic heterocycles. The van der Waals surface area contributed by atoms with Crippen molar-refractivity contribution in [2.75, 3.05) is 19.7 Å². The third-order valence-electron chi connectivity index (χ3n) is 5.03. The highest BCUT2D eigenvalue weighted by atomic mass is 32.1. The van der Waals surface area contributed by atoms with Crippen LogP contribution in [0.2, 0.25) is 0 Å². The normalized spacial score (nSPS) is 22.8. The van der Waals surface area contributed by atoms with Crippen molar-refractivity contribution in [1.29, 1.82) is 0 Å². The Kier molecular flexibility index (Phi) is 5.65. The van der Waals surface area contributed by atoms with Crippen LogP contribution >= 0.6 is 11.3 Å². The van der Waals surface area contributed by atoms with Crippen LogP contribution in [0.5, 0.6) is 5.75 Å². The van der Waals surface area contributed by atoms with Crippen LogP contribution < -0.4 is 4.74 Å². The molecule has 0 bridgehead atoms. The number of hydrogen-bond acceptors (Lipinski definition) is 5. The molecule has 4 nitrogen and oxygen atoms in total. The van der Waals surface area contributed by atoms with E-state index in [1.807, 2.05) is 23.5 Å². The van der Waals surface area contributed by atoms with Crippen molar-refractivity contribution in [3.63, 3.8) is 0 Å². The van der Waals surface area contributed by atoms with Gasteiger partial charge in [0.1, 0.15) is 11.9 Å². The highest BCUT2D eigenvalue weighted by molar-refractivity contribution is 7.12. The fraction of sp³-hybridized carbons (Fsp3) is 0.550. The molecule has 0 N–H and O–H groups in total. The highest BCUT2D eigenvalue weighted by Gasteiger charge is 2.22. The molecule has 2 aromatic rings. The molecule has 0 unspecified atom stereocenters. The Bertz CT molecular complexity index is 647. The molecule has 134 valence electrons. The van der Waals surface area contributed by atoms with E-state index in [2.05, 4.69) is 22.0 Å². The van der Waals surface area contributed by atoms with Gasteiger partial charge in [0.2, 0.25) is 0 Å². The third-order valence-corrected chi connectivity index (χ3v) is 6.19. The van der Waals surface area contributed by atoms with E-state index in [1.54, 1.807) is 12.4 Å². The van der Waals surface area contributed by atoms with E-state index in [1.165, 1.54) is 29.0 Å². The van der Waals surface area contributed by atoms with Crippen LogP contribution in [-0.4, -0.2) is 35.7 Å². The average Bonchev–Trinajstić information content (AvgIpc) is 3.14. The standard InChI is InChI=1S/C20H26N2O2S/c1-2-13-23-19(5-1)20-7-6-18(25-20)15-22-11-8-16(9-12-22)24-17-4-3-10-21-14-17/h3-4,6-7,10,14,16,19H,1-2,5,8-9,11-13,15H2/t19-/m0/s1. The minimum Gasteiger partial charge on any atom is -0.489 e. The van der Waals surface area contributed by atoms with Crippen LogP contribution in [0.15, 0.2) is 36.7 Å². The highest BCUT2D eigenvalue weighted by Crippen LogP contribution is 2.33. The summed E-state index contributed by atoms with van der Waals surface area (Å²) in [7, 11) is 0. The van der Waals surface area contributed by atoms with Gasteiger partial charge < -0.3 is 9.47 Å². The van der Waals surface area contributed by atoms with Gasteiger partial charge in [-0.05, 0) is 56.4 Å². The molecule has 5 heteroatoms. The summed E-state index contributed by atoms with van der Waals surface area (Å²) in [5.41, 5.74) is 0. The molecule has 0 radical (unpaired) electrons. The van der Waals surface area contributed by atoms with E-state index in [4.69, 9.17) is 9.47 Å². The van der Waals surface area contributed by atoms with Crippen molar-refractivity contribution in [3.05, 3.63) is 46.4 Å². The first-order chi connectivity index (χ1) is 12.4. The Morgan fingerprint density at radius 3 is 2.84 bits per heavy atom. The lowest BCUT2D eigenvalue weighted by Gasteiger charge is -2.31. The summed E-state index contributed by atoms with van der Waals surface area (Å²) in [5, 5.41) is 0. The summed E-state index contributed by atoms with van der Waals surface area (Å²) < 4.78 is 11.9. The van der Waals surface area contributed by atoms with Gasteiger partial charge in [-0.25, -0.2) is 0 Å². The Labute approximate surface area is 153 Å². The third kappa shape index (κ3) is 4.60. The molecular weight excluding hydrogens is 332 g/mol. The minimum absolute atomic E-state index is 0.315. The number of piperidine rings is 1. The predicted molar refractivity (Wildman–Crippen MR) is 100 cm³/mol. The summed E-state index contributed by atoms with van der Waals surface area (Å²) in [6, 6.07) is 8.47. The molecule has 4 rings (SSSR count). The maximum absolute atomic E-state index is 6.03. The molecule has 0 aromatic carbocycles. The van der Waals surface area contributed by atoms with Crippen LogP contribution in [0.1, 0.15) is 48.0 Å². The molecule has 0 amide bonds. The first-order valence-corrected chi connectivity index (χ1v) is 10.2. The number of pyridine rings is 1. The van der Waals surface area contributed by atoms with Gasteiger partial charge >= 0.3 is 0 Å². The molecule has 2 fully saturated rings. The summed E-state index contributed by atoms with van der Waals surface area (Å²) in [4.78, 5) is 9.52. The Morgan fingerprint density at radius 2 is 2.08 bits per heavy atom. The van der Waals surface area contributed by atoms with Crippen molar-refractivity contribution in [2.24, 2.45) is 0 Å². The molecule has 0 saturated carbocycles. The van der Waals surface area contributed by atoms with E-state index >= 15 is 0 Å². The van der Waals surface area contributed by atoms with Gasteiger partial charge in [-0.3, -0.25) is 9.88 Å². The number of likely N-dealkylation sites (tertiary alicyclic amines) is 1. The zero-order valence-electron chi connectivity index (χ0n) is 14.6. The maximum Gasteiger partial charge on any atom is 0.137 e. The van der Waals surface area contributed by atoms with Gasteiger partial charge in [0.15, 0.2) is 0 Å². The molecule has 25 heavy (non-hydrogen) atoms. The van der Waals surface area contributed by atoms with E-state index < -0.39 is 0 Å². The summed E-state index contributed by atoms with van der Waals surface area (Å²) in [6.45, 7) is 4.16. The minimum atomic E-state index is 0.315. The van der Waals surface area contributed by atoms with E-state index in [-0.39, 0.29) is 0 Å². The predicted octanol–water partition coefficient (Wildman–Crippen LogP) is 4.43. The number of nitrogens with zero attached hydrogens (tertiary/aromatic N) is 2. The van der Waals surface area contributed by atoms with Crippen molar-refractivity contribution in [1.82, 2.24) is 9.88 Å². The van der Waals surface area contributed by atoms with E-state index in [9.17, 15) is 0 Å². The van der Waals surface area contributed by atoms with Crippen LogP contribution in [0, 0.1) is 0 Å². The van der Waals surface area contributed by atoms with Crippen LogP contribution in [-0.2, 0) is 11.3 Å². The van der Waals surface area contributed by atoms with Gasteiger partial charge in [-0.1, -0.05) is 0 Å². The zero-order valence-corrected chi connectivity index (χ0v) is 15.4. The quantitative estimate of drug-likeness (QED) is 0.792. The molecule has 4 heterocycles. The van der Waals surface area contributed by atoms with Crippen molar-refractivity contribution in [3.8, 4) is 5.75 Å². The fourth-order valence-corrected chi connectivity index (χ4v) is 4.77. The largest absolute Gasteiger partial charge is 0.489 e. The van der Waals surface area contributed by atoms with E-state index in [0.717, 1.165) is 44.8 Å². The first-order valence-electron chi connectivity index (χ1n) is 9.36. The smallest absolute Gasteiger partial charge is 0.137 e. The number of hydrogen-bond donors (Lipinski definition) is 0. The van der Waals surface area contributed by atoms with Gasteiger partial charge in [-0.2, -0.15) is 0 Å². The second kappa shape index (κ2) is 8.30. The van der Waals surface area contributed by atoms with Crippen LogP contribution in [0.25, 0.3) is 0 Å². The van der Waals surface area contributed by atoms with Gasteiger partial charge in [0, 0.05) is 42.2 Å². The second-order valence-electron chi connectivity index (χ2n) is 6.94. The average molecular weight is 359 g/mol. The number of ether oxygens (including phenoxy) is 2. The second-order valence-corrected chi connectivity index (χ2v) is 8.14. The number of thiophene rings is 1. The Hall–Kier alpha value is -1.43. The molecule has 0 aliphatic carbocycles. The topological polar surface area (TPSA) is 34.6 Å². The zero-order chi connectivity index (χ0) is 16.9. The van der Waals surface area contributed by atoms with Gasteiger partial charge in [0.05, 0.1) is 12.3 Å². The molecule has 2 saturated heterocycles. The molecule has 2 aliphatic rings.